The van der Waals surface area contributed by atoms with Gasteiger partial charge in [0.1, 0.15) is 0 Å². The summed E-state index contributed by atoms with van der Waals surface area (Å²) in [6, 6.07) is 2.84. The molecule has 1 heteroatoms. The maximum absolute atomic E-state index is 10.0. The molecule has 0 bridgehead atoms. The van der Waals surface area contributed by atoms with Crippen molar-refractivity contribution in [3.05, 3.63) is 0 Å². The lowest BCUT2D eigenvalue weighted by Crippen LogP contribution is -2.44. The first-order valence-corrected chi connectivity index (χ1v) is 13.6. The maximum Gasteiger partial charge on any atom is 0.0689 e. The van der Waals surface area contributed by atoms with Crippen LogP contribution >= 0.6 is 0 Å². The lowest BCUT2D eigenvalue weighted by Gasteiger charge is -2.52. The SMILES string of the molecule is CCCCCCCC1CCC2C(CCC3CC(C#N)(CCCCCC)CCC32)C1. The number of hydrogen-bond donors (Lipinski definition) is 0. The number of rotatable bonds is 11. The maximum atomic E-state index is 10.0. The molecule has 3 aliphatic rings. The van der Waals surface area contributed by atoms with Crippen LogP contribution < -0.4 is 0 Å². The van der Waals surface area contributed by atoms with Gasteiger partial charge in [0, 0.05) is 0 Å². The Kier molecular flexibility index (Phi) is 9.40. The Morgan fingerprint density at radius 1 is 0.759 bits per heavy atom. The molecule has 3 aliphatic carbocycles. The molecule has 0 aromatic heterocycles. The van der Waals surface area contributed by atoms with Gasteiger partial charge in [0.2, 0.25) is 0 Å². The molecule has 0 aromatic carbocycles. The van der Waals surface area contributed by atoms with Crippen molar-refractivity contribution < 1.29 is 0 Å². The zero-order valence-electron chi connectivity index (χ0n) is 19.8. The lowest BCUT2D eigenvalue weighted by atomic mass is 9.52. The van der Waals surface area contributed by atoms with Crippen LogP contribution in [0.2, 0.25) is 0 Å². The second kappa shape index (κ2) is 11.8. The van der Waals surface area contributed by atoms with Crippen molar-refractivity contribution in [2.24, 2.45) is 35.0 Å². The molecule has 0 saturated heterocycles. The average Bonchev–Trinajstić information content (AvgIpc) is 2.76. The van der Waals surface area contributed by atoms with Crippen LogP contribution in [0.25, 0.3) is 0 Å². The van der Waals surface area contributed by atoms with Crippen LogP contribution in [0, 0.1) is 46.3 Å². The van der Waals surface area contributed by atoms with Crippen molar-refractivity contribution in [1.29, 1.82) is 5.26 Å². The number of hydrogen-bond acceptors (Lipinski definition) is 1. The highest BCUT2D eigenvalue weighted by atomic mass is 14.5. The van der Waals surface area contributed by atoms with Crippen molar-refractivity contribution >= 4 is 0 Å². The predicted octanol–water partition coefficient (Wildman–Crippen LogP) is 9.07. The summed E-state index contributed by atoms with van der Waals surface area (Å²) in [4.78, 5) is 0. The Labute approximate surface area is 182 Å². The van der Waals surface area contributed by atoms with E-state index in [1.165, 1.54) is 116 Å². The van der Waals surface area contributed by atoms with E-state index in [4.69, 9.17) is 0 Å². The third kappa shape index (κ3) is 6.24. The van der Waals surface area contributed by atoms with Crippen LogP contribution in [0.1, 0.15) is 136 Å². The molecule has 166 valence electrons. The first kappa shape index (κ1) is 23.2. The van der Waals surface area contributed by atoms with Gasteiger partial charge in [-0.2, -0.15) is 5.26 Å². The van der Waals surface area contributed by atoms with Crippen LogP contribution in [0.4, 0.5) is 0 Å². The first-order valence-electron chi connectivity index (χ1n) is 13.6. The van der Waals surface area contributed by atoms with Crippen molar-refractivity contribution in [3.63, 3.8) is 0 Å². The Hall–Kier alpha value is -0.510. The zero-order chi connectivity index (χ0) is 20.5. The quantitative estimate of drug-likeness (QED) is 0.318. The van der Waals surface area contributed by atoms with E-state index in [0.29, 0.717) is 0 Å². The molecule has 0 spiro atoms. The Morgan fingerprint density at radius 3 is 2.21 bits per heavy atom. The molecule has 1 nitrogen and oxygen atoms in total. The monoisotopic (exact) mass is 399 g/mol. The molecule has 3 fully saturated rings. The molecule has 0 aromatic rings. The van der Waals surface area contributed by atoms with Gasteiger partial charge in [-0.1, -0.05) is 84.5 Å². The van der Waals surface area contributed by atoms with Gasteiger partial charge in [-0.15, -0.1) is 0 Å². The predicted molar refractivity (Wildman–Crippen MR) is 125 cm³/mol. The summed E-state index contributed by atoms with van der Waals surface area (Å²) in [5.74, 6) is 4.93. The highest BCUT2D eigenvalue weighted by Gasteiger charge is 2.48. The fraction of sp³-hybridized carbons (Fsp3) is 0.964. The van der Waals surface area contributed by atoms with E-state index in [1.807, 2.05) is 0 Å². The normalized spacial score (nSPS) is 36.8. The van der Waals surface area contributed by atoms with Gasteiger partial charge >= 0.3 is 0 Å². The Morgan fingerprint density at radius 2 is 1.45 bits per heavy atom. The number of unbranched alkanes of at least 4 members (excludes halogenated alkanes) is 7. The van der Waals surface area contributed by atoms with E-state index in [-0.39, 0.29) is 5.41 Å². The number of fused-ring (bicyclic) bond motifs is 3. The molecule has 29 heavy (non-hydrogen) atoms. The van der Waals surface area contributed by atoms with Gasteiger partial charge in [0.15, 0.2) is 0 Å². The fourth-order valence-corrected chi connectivity index (χ4v) is 7.60. The molecular formula is C28H49N. The molecule has 6 unspecified atom stereocenters. The molecule has 0 aliphatic heterocycles. The van der Waals surface area contributed by atoms with Crippen LogP contribution in [-0.2, 0) is 0 Å². The standard InChI is InChI=1S/C28H49N/c1-3-5-7-9-10-12-23-13-16-26-24(20-23)14-15-25-21-28(22-29,19-17-27(25)26)18-11-8-6-4-2/h23-27H,3-21H2,1-2H3. The highest BCUT2D eigenvalue weighted by Crippen LogP contribution is 2.57. The third-order valence-electron chi connectivity index (χ3n) is 9.28. The highest BCUT2D eigenvalue weighted by molar-refractivity contribution is 5.06. The zero-order valence-corrected chi connectivity index (χ0v) is 19.8. The summed E-state index contributed by atoms with van der Waals surface area (Å²) < 4.78 is 0. The summed E-state index contributed by atoms with van der Waals surface area (Å²) in [6.07, 6.45) is 26.5. The third-order valence-corrected chi connectivity index (χ3v) is 9.28. The van der Waals surface area contributed by atoms with Crippen LogP contribution in [0.5, 0.6) is 0 Å². The van der Waals surface area contributed by atoms with Crippen LogP contribution in [-0.4, -0.2) is 0 Å². The van der Waals surface area contributed by atoms with Gasteiger partial charge in [-0.3, -0.25) is 0 Å². The van der Waals surface area contributed by atoms with Gasteiger partial charge < -0.3 is 0 Å². The summed E-state index contributed by atoms with van der Waals surface area (Å²) in [5, 5.41) is 10.0. The fourth-order valence-electron chi connectivity index (χ4n) is 7.60. The second-order valence-corrected chi connectivity index (χ2v) is 11.3. The van der Waals surface area contributed by atoms with Crippen LogP contribution in [0.15, 0.2) is 0 Å². The minimum atomic E-state index is 0.0391. The molecule has 0 heterocycles. The van der Waals surface area contributed by atoms with Gasteiger partial charge in [-0.25, -0.2) is 0 Å². The molecule has 0 N–H and O–H groups in total. The summed E-state index contributed by atoms with van der Waals surface area (Å²) in [7, 11) is 0. The van der Waals surface area contributed by atoms with E-state index in [2.05, 4.69) is 19.9 Å². The van der Waals surface area contributed by atoms with E-state index >= 15 is 0 Å². The summed E-state index contributed by atoms with van der Waals surface area (Å²) in [5.41, 5.74) is 0.0391. The lowest BCUT2D eigenvalue weighted by molar-refractivity contribution is -0.0181. The number of nitrogens with zero attached hydrogens (tertiary/aromatic N) is 1. The topological polar surface area (TPSA) is 23.8 Å². The average molecular weight is 400 g/mol. The minimum absolute atomic E-state index is 0.0391. The van der Waals surface area contributed by atoms with E-state index in [0.717, 1.165) is 29.6 Å². The van der Waals surface area contributed by atoms with Crippen molar-refractivity contribution in [2.75, 3.05) is 0 Å². The molecule has 3 rings (SSSR count). The molecule has 0 radical (unpaired) electrons. The largest absolute Gasteiger partial charge is 0.198 e. The summed E-state index contributed by atoms with van der Waals surface area (Å²) >= 11 is 0. The van der Waals surface area contributed by atoms with Gasteiger partial charge in [0.05, 0.1) is 11.5 Å². The second-order valence-electron chi connectivity index (χ2n) is 11.3. The Bertz CT molecular complexity index is 505. The van der Waals surface area contributed by atoms with Crippen molar-refractivity contribution in [2.45, 2.75) is 136 Å². The van der Waals surface area contributed by atoms with Gasteiger partial charge in [0.25, 0.3) is 0 Å². The smallest absolute Gasteiger partial charge is 0.0689 e. The number of nitriles is 1. The molecular weight excluding hydrogens is 350 g/mol. The Balaban J connectivity index is 1.45. The van der Waals surface area contributed by atoms with Crippen molar-refractivity contribution in [1.82, 2.24) is 0 Å². The van der Waals surface area contributed by atoms with E-state index < -0.39 is 0 Å². The van der Waals surface area contributed by atoms with E-state index in [9.17, 15) is 5.26 Å². The molecule has 3 saturated carbocycles. The van der Waals surface area contributed by atoms with Crippen LogP contribution in [0.3, 0.4) is 0 Å². The first-order chi connectivity index (χ1) is 14.2. The van der Waals surface area contributed by atoms with Crippen molar-refractivity contribution in [3.8, 4) is 6.07 Å². The van der Waals surface area contributed by atoms with E-state index in [1.54, 1.807) is 6.42 Å². The summed E-state index contributed by atoms with van der Waals surface area (Å²) in [6.45, 7) is 4.60. The molecule has 6 atom stereocenters. The minimum Gasteiger partial charge on any atom is -0.198 e. The molecule has 0 amide bonds. The van der Waals surface area contributed by atoms with Gasteiger partial charge in [-0.05, 0) is 81.0 Å².